The smallest absolute Gasteiger partial charge is 0.144 e. The van der Waals surface area contributed by atoms with E-state index in [1.54, 1.807) is 7.11 Å². The van der Waals surface area contributed by atoms with Gasteiger partial charge in [-0.1, -0.05) is 0 Å². The van der Waals surface area contributed by atoms with Gasteiger partial charge in [-0.15, -0.1) is 0 Å². The van der Waals surface area contributed by atoms with E-state index in [4.69, 9.17) is 4.74 Å². The molecule has 0 spiro atoms. The van der Waals surface area contributed by atoms with Crippen LogP contribution >= 0.6 is 15.9 Å². The molecule has 0 radical (unpaired) electrons. The Balaban J connectivity index is 2.64. The Bertz CT molecular complexity index is 374. The highest BCUT2D eigenvalue weighted by atomic mass is 79.9. The van der Waals surface area contributed by atoms with Crippen molar-refractivity contribution in [1.82, 2.24) is 4.90 Å². The van der Waals surface area contributed by atoms with Gasteiger partial charge >= 0.3 is 0 Å². The van der Waals surface area contributed by atoms with Crippen molar-refractivity contribution >= 4 is 15.9 Å². The molecule has 0 saturated heterocycles. The predicted molar refractivity (Wildman–Crippen MR) is 66.9 cm³/mol. The van der Waals surface area contributed by atoms with E-state index in [2.05, 4.69) is 15.9 Å². The zero-order chi connectivity index (χ0) is 12.8. The van der Waals surface area contributed by atoms with Gasteiger partial charge in [0.25, 0.3) is 0 Å². The summed E-state index contributed by atoms with van der Waals surface area (Å²) in [6.45, 7) is 1.63. The molecule has 0 heterocycles. The third kappa shape index (κ3) is 4.33. The molecule has 1 aromatic rings. The molecule has 1 rings (SSSR count). The molecular weight excluding hydrogens is 292 g/mol. The summed E-state index contributed by atoms with van der Waals surface area (Å²) in [5.74, 6) is -1.03. The fourth-order valence-corrected chi connectivity index (χ4v) is 1.91. The van der Waals surface area contributed by atoms with Crippen LogP contribution in [0, 0.1) is 11.6 Å². The molecule has 0 amide bonds. The number of halogens is 3. The van der Waals surface area contributed by atoms with Gasteiger partial charge in [-0.05, 0) is 41.5 Å². The Morgan fingerprint density at radius 3 is 2.71 bits per heavy atom. The van der Waals surface area contributed by atoms with Crippen LogP contribution in [-0.4, -0.2) is 32.2 Å². The molecule has 0 atom stereocenters. The van der Waals surface area contributed by atoms with Crippen LogP contribution < -0.4 is 0 Å². The van der Waals surface area contributed by atoms with Crippen molar-refractivity contribution < 1.29 is 13.5 Å². The molecule has 5 heteroatoms. The second kappa shape index (κ2) is 7.03. The molecule has 0 N–H and O–H groups in total. The lowest BCUT2D eigenvalue weighted by molar-refractivity contribution is 0.177. The molecule has 0 fully saturated rings. The maximum absolute atomic E-state index is 13.7. The summed E-state index contributed by atoms with van der Waals surface area (Å²) < 4.78 is 32.4. The van der Waals surface area contributed by atoms with Crippen molar-refractivity contribution in [1.29, 1.82) is 0 Å². The molecule has 0 aliphatic carbocycles. The summed E-state index contributed by atoms with van der Waals surface area (Å²) in [6, 6.07) is 2.64. The number of nitrogens with zero attached hydrogens (tertiary/aromatic N) is 1. The van der Waals surface area contributed by atoms with Crippen LogP contribution in [0.25, 0.3) is 0 Å². The first-order valence-corrected chi connectivity index (χ1v) is 6.15. The second-order valence-electron chi connectivity index (χ2n) is 3.91. The van der Waals surface area contributed by atoms with E-state index in [0.717, 1.165) is 13.0 Å². The number of ether oxygens (including phenoxy) is 1. The fourth-order valence-electron chi connectivity index (χ4n) is 1.54. The Labute approximate surface area is 109 Å². The topological polar surface area (TPSA) is 12.5 Å². The molecule has 0 aliphatic heterocycles. The summed E-state index contributed by atoms with van der Waals surface area (Å²) in [5.41, 5.74) is 0.0966. The lowest BCUT2D eigenvalue weighted by atomic mass is 10.2. The average molecular weight is 308 g/mol. The van der Waals surface area contributed by atoms with Gasteiger partial charge in [-0.3, -0.25) is 0 Å². The lowest BCUT2D eigenvalue weighted by Crippen LogP contribution is -2.21. The Morgan fingerprint density at radius 2 is 2.06 bits per heavy atom. The number of benzene rings is 1. The Kier molecular flexibility index (Phi) is 6.02. The van der Waals surface area contributed by atoms with Crippen molar-refractivity contribution in [2.75, 3.05) is 27.3 Å². The van der Waals surface area contributed by atoms with Crippen LogP contribution in [0.4, 0.5) is 8.78 Å². The molecular formula is C12H16BrF2NO. The first kappa shape index (κ1) is 14.5. The molecule has 0 saturated carbocycles. The highest BCUT2D eigenvalue weighted by molar-refractivity contribution is 9.10. The Morgan fingerprint density at radius 1 is 1.35 bits per heavy atom. The minimum atomic E-state index is -0.524. The van der Waals surface area contributed by atoms with E-state index < -0.39 is 11.6 Å². The van der Waals surface area contributed by atoms with Crippen LogP contribution in [0.1, 0.15) is 12.0 Å². The van der Waals surface area contributed by atoms with Gasteiger partial charge in [0.1, 0.15) is 11.6 Å². The van der Waals surface area contributed by atoms with E-state index in [9.17, 15) is 8.78 Å². The van der Waals surface area contributed by atoms with Gasteiger partial charge in [-0.25, -0.2) is 8.78 Å². The van der Waals surface area contributed by atoms with Gasteiger partial charge in [0.2, 0.25) is 0 Å². The molecule has 2 nitrogen and oxygen atoms in total. The number of hydrogen-bond donors (Lipinski definition) is 0. The second-order valence-corrected chi connectivity index (χ2v) is 4.76. The maximum Gasteiger partial charge on any atom is 0.144 e. The largest absolute Gasteiger partial charge is 0.385 e. The van der Waals surface area contributed by atoms with Crippen LogP contribution in [0.5, 0.6) is 0 Å². The molecule has 0 unspecified atom stereocenters. The summed E-state index contributed by atoms with van der Waals surface area (Å²) >= 11 is 3.05. The van der Waals surface area contributed by atoms with E-state index in [1.165, 1.54) is 12.1 Å². The SMILES string of the molecule is COCCCN(C)Cc1c(F)ccc(Br)c1F. The first-order valence-electron chi connectivity index (χ1n) is 5.36. The lowest BCUT2D eigenvalue weighted by Gasteiger charge is -2.17. The monoisotopic (exact) mass is 307 g/mol. The van der Waals surface area contributed by atoms with E-state index in [-0.39, 0.29) is 12.1 Å². The zero-order valence-electron chi connectivity index (χ0n) is 9.97. The molecule has 17 heavy (non-hydrogen) atoms. The molecule has 96 valence electrons. The highest BCUT2D eigenvalue weighted by Crippen LogP contribution is 2.22. The third-order valence-corrected chi connectivity index (χ3v) is 3.07. The molecule has 0 aromatic heterocycles. The van der Waals surface area contributed by atoms with Crippen molar-refractivity contribution in [3.63, 3.8) is 0 Å². The standard InChI is InChI=1S/C12H16BrF2NO/c1-16(6-3-7-17-2)8-9-11(14)5-4-10(13)12(9)15/h4-5H,3,6-8H2,1-2H3. The van der Waals surface area contributed by atoms with E-state index >= 15 is 0 Å². The fraction of sp³-hybridized carbons (Fsp3) is 0.500. The maximum atomic E-state index is 13.7. The van der Waals surface area contributed by atoms with Gasteiger partial charge in [-0.2, -0.15) is 0 Å². The molecule has 0 aliphatic rings. The first-order chi connectivity index (χ1) is 8.06. The van der Waals surface area contributed by atoms with Gasteiger partial charge in [0, 0.05) is 32.4 Å². The summed E-state index contributed by atoms with van der Waals surface area (Å²) in [4.78, 5) is 1.87. The molecule has 1 aromatic carbocycles. The number of rotatable bonds is 6. The summed E-state index contributed by atoms with van der Waals surface area (Å²) in [7, 11) is 3.46. The Hall–Kier alpha value is -0.520. The highest BCUT2D eigenvalue weighted by Gasteiger charge is 2.13. The number of hydrogen-bond acceptors (Lipinski definition) is 2. The minimum Gasteiger partial charge on any atom is -0.385 e. The minimum absolute atomic E-state index is 0.0966. The van der Waals surface area contributed by atoms with E-state index in [0.29, 0.717) is 11.1 Å². The van der Waals surface area contributed by atoms with Crippen LogP contribution in [0.15, 0.2) is 16.6 Å². The van der Waals surface area contributed by atoms with Crippen molar-refractivity contribution in [3.05, 3.63) is 33.8 Å². The van der Waals surface area contributed by atoms with Crippen molar-refractivity contribution in [2.45, 2.75) is 13.0 Å². The van der Waals surface area contributed by atoms with Gasteiger partial charge < -0.3 is 9.64 Å². The van der Waals surface area contributed by atoms with E-state index in [1.807, 2.05) is 11.9 Å². The quantitative estimate of drug-likeness (QED) is 0.591. The van der Waals surface area contributed by atoms with Crippen LogP contribution in [0.3, 0.4) is 0 Å². The van der Waals surface area contributed by atoms with Gasteiger partial charge in [0.15, 0.2) is 0 Å². The van der Waals surface area contributed by atoms with Gasteiger partial charge in [0.05, 0.1) is 4.47 Å². The average Bonchev–Trinajstić information content (AvgIpc) is 2.30. The van der Waals surface area contributed by atoms with Crippen molar-refractivity contribution in [3.8, 4) is 0 Å². The number of methoxy groups -OCH3 is 1. The third-order valence-electron chi connectivity index (χ3n) is 2.46. The predicted octanol–water partition coefficient (Wildman–Crippen LogP) is 3.20. The summed E-state index contributed by atoms with van der Waals surface area (Å²) in [5, 5.41) is 0. The zero-order valence-corrected chi connectivity index (χ0v) is 11.6. The molecule has 0 bridgehead atoms. The normalized spacial score (nSPS) is 11.2. The summed E-state index contributed by atoms with van der Waals surface area (Å²) in [6.07, 6.45) is 0.838. The van der Waals surface area contributed by atoms with Crippen LogP contribution in [-0.2, 0) is 11.3 Å². The van der Waals surface area contributed by atoms with Crippen LogP contribution in [0.2, 0.25) is 0 Å². The van der Waals surface area contributed by atoms with Crippen molar-refractivity contribution in [2.24, 2.45) is 0 Å².